The van der Waals surface area contributed by atoms with Crippen molar-refractivity contribution < 1.29 is 4.79 Å². The fourth-order valence-corrected chi connectivity index (χ4v) is 2.61. The number of rotatable bonds is 5. The van der Waals surface area contributed by atoms with Crippen molar-refractivity contribution in [3.05, 3.63) is 33.8 Å². The Hall–Kier alpha value is -0.810. The minimum absolute atomic E-state index is 0.105. The van der Waals surface area contributed by atoms with Crippen LogP contribution in [0.4, 0.5) is 0 Å². The fourth-order valence-electron chi connectivity index (χ4n) is 2.32. The molecule has 0 bridgehead atoms. The van der Waals surface area contributed by atoms with Crippen molar-refractivity contribution in [2.24, 2.45) is 0 Å². The summed E-state index contributed by atoms with van der Waals surface area (Å²) in [5, 5.41) is 3.78. The van der Waals surface area contributed by atoms with E-state index in [1.54, 1.807) is 18.2 Å². The highest BCUT2D eigenvalue weighted by Gasteiger charge is 2.13. The predicted molar refractivity (Wildman–Crippen MR) is 87.3 cm³/mol. The van der Waals surface area contributed by atoms with Crippen LogP contribution in [0.2, 0.25) is 10.0 Å². The van der Waals surface area contributed by atoms with Crippen LogP contribution in [0.5, 0.6) is 0 Å². The zero-order chi connectivity index (χ0) is 15.2. The Kier molecular flexibility index (Phi) is 6.30. The van der Waals surface area contributed by atoms with E-state index < -0.39 is 0 Å². The fraction of sp³-hybridized carbons (Fsp3) is 0.533. The van der Waals surface area contributed by atoms with Crippen molar-refractivity contribution in [1.29, 1.82) is 0 Å². The van der Waals surface area contributed by atoms with E-state index in [1.165, 1.54) is 0 Å². The molecule has 1 aromatic carbocycles. The van der Waals surface area contributed by atoms with E-state index in [9.17, 15) is 4.79 Å². The molecule has 0 aliphatic carbocycles. The van der Waals surface area contributed by atoms with Crippen molar-refractivity contribution in [3.8, 4) is 0 Å². The van der Waals surface area contributed by atoms with Crippen LogP contribution in [-0.4, -0.2) is 62.0 Å². The maximum atomic E-state index is 12.0. The van der Waals surface area contributed by atoms with Gasteiger partial charge in [-0.1, -0.05) is 23.2 Å². The summed E-state index contributed by atoms with van der Waals surface area (Å²) in [4.78, 5) is 16.7. The summed E-state index contributed by atoms with van der Waals surface area (Å²) in [5.41, 5.74) is 0.545. The number of benzene rings is 1. The van der Waals surface area contributed by atoms with Crippen LogP contribution in [0, 0.1) is 0 Å². The highest BCUT2D eigenvalue weighted by Crippen LogP contribution is 2.22. The smallest absolute Gasteiger partial charge is 0.251 e. The highest BCUT2D eigenvalue weighted by molar-refractivity contribution is 6.42. The minimum Gasteiger partial charge on any atom is -0.352 e. The zero-order valence-corrected chi connectivity index (χ0v) is 13.8. The van der Waals surface area contributed by atoms with Gasteiger partial charge in [-0.3, -0.25) is 4.79 Å². The lowest BCUT2D eigenvalue weighted by Crippen LogP contribution is -2.45. The minimum atomic E-state index is -0.105. The predicted octanol–water partition coefficient (Wildman–Crippen LogP) is 2.36. The molecular formula is C15H21Cl2N3O. The molecule has 1 amide bonds. The number of hydrogen-bond donors (Lipinski definition) is 1. The molecule has 1 fully saturated rings. The number of amides is 1. The molecule has 0 radical (unpaired) electrons. The van der Waals surface area contributed by atoms with E-state index in [4.69, 9.17) is 23.2 Å². The molecule has 116 valence electrons. The molecule has 1 N–H and O–H groups in total. The van der Waals surface area contributed by atoms with Gasteiger partial charge in [-0.05, 0) is 38.2 Å². The molecule has 1 aromatic rings. The van der Waals surface area contributed by atoms with Gasteiger partial charge in [-0.15, -0.1) is 0 Å². The van der Waals surface area contributed by atoms with E-state index >= 15 is 0 Å². The van der Waals surface area contributed by atoms with Gasteiger partial charge in [0.05, 0.1) is 10.0 Å². The van der Waals surface area contributed by atoms with Gasteiger partial charge in [0.2, 0.25) is 0 Å². The van der Waals surface area contributed by atoms with Crippen molar-refractivity contribution in [2.45, 2.75) is 6.42 Å². The second-order valence-corrected chi connectivity index (χ2v) is 6.20. The highest BCUT2D eigenvalue weighted by atomic mass is 35.5. The number of hydrogen-bond acceptors (Lipinski definition) is 3. The molecule has 1 aliphatic rings. The van der Waals surface area contributed by atoms with E-state index in [-0.39, 0.29) is 5.91 Å². The number of piperazine rings is 1. The maximum Gasteiger partial charge on any atom is 0.251 e. The van der Waals surface area contributed by atoms with Crippen LogP contribution in [-0.2, 0) is 0 Å². The average Bonchev–Trinajstić information content (AvgIpc) is 2.48. The number of halogens is 2. The molecule has 1 heterocycles. The molecule has 6 heteroatoms. The lowest BCUT2D eigenvalue weighted by Gasteiger charge is -2.32. The third-order valence-electron chi connectivity index (χ3n) is 3.71. The second kappa shape index (κ2) is 7.99. The number of nitrogens with one attached hydrogen (secondary N) is 1. The van der Waals surface area contributed by atoms with Gasteiger partial charge in [0.25, 0.3) is 5.91 Å². The summed E-state index contributed by atoms with van der Waals surface area (Å²) in [6, 6.07) is 4.92. The molecular weight excluding hydrogens is 309 g/mol. The number of likely N-dealkylation sites (N-methyl/N-ethyl adjacent to an activating group) is 1. The van der Waals surface area contributed by atoms with Gasteiger partial charge in [0, 0.05) is 38.3 Å². The summed E-state index contributed by atoms with van der Waals surface area (Å²) in [7, 11) is 2.15. The molecule has 0 atom stereocenters. The zero-order valence-electron chi connectivity index (χ0n) is 12.2. The molecule has 1 aliphatic heterocycles. The van der Waals surface area contributed by atoms with Crippen molar-refractivity contribution in [1.82, 2.24) is 15.1 Å². The Morgan fingerprint density at radius 2 is 1.90 bits per heavy atom. The average molecular weight is 330 g/mol. The first kappa shape index (κ1) is 16.6. The van der Waals surface area contributed by atoms with Gasteiger partial charge < -0.3 is 15.1 Å². The lowest BCUT2D eigenvalue weighted by atomic mass is 10.2. The van der Waals surface area contributed by atoms with E-state index in [0.717, 1.165) is 39.1 Å². The Balaban J connectivity index is 1.68. The molecule has 21 heavy (non-hydrogen) atoms. The monoisotopic (exact) mass is 329 g/mol. The largest absolute Gasteiger partial charge is 0.352 e. The number of carbonyl (C=O) groups is 1. The molecule has 0 aromatic heterocycles. The van der Waals surface area contributed by atoms with Crippen molar-refractivity contribution in [3.63, 3.8) is 0 Å². The number of nitrogens with zero attached hydrogens (tertiary/aromatic N) is 2. The Bertz CT molecular complexity index is 488. The first-order valence-electron chi connectivity index (χ1n) is 7.20. The van der Waals surface area contributed by atoms with Gasteiger partial charge in [0.1, 0.15) is 0 Å². The molecule has 0 saturated carbocycles. The van der Waals surface area contributed by atoms with Crippen LogP contribution in [0.1, 0.15) is 16.8 Å². The van der Waals surface area contributed by atoms with Crippen molar-refractivity contribution in [2.75, 3.05) is 46.3 Å². The normalized spacial score (nSPS) is 16.9. The summed E-state index contributed by atoms with van der Waals surface area (Å²) < 4.78 is 0. The second-order valence-electron chi connectivity index (χ2n) is 5.38. The van der Waals surface area contributed by atoms with Crippen LogP contribution in [0.3, 0.4) is 0 Å². The third-order valence-corrected chi connectivity index (χ3v) is 4.45. The van der Waals surface area contributed by atoms with Crippen LogP contribution in [0.25, 0.3) is 0 Å². The summed E-state index contributed by atoms with van der Waals surface area (Å²) in [5.74, 6) is -0.105. The molecule has 1 saturated heterocycles. The summed E-state index contributed by atoms with van der Waals surface area (Å²) in [6.07, 6.45) is 0.955. The topological polar surface area (TPSA) is 35.6 Å². The van der Waals surface area contributed by atoms with Crippen molar-refractivity contribution >= 4 is 29.1 Å². The Morgan fingerprint density at radius 1 is 1.19 bits per heavy atom. The van der Waals surface area contributed by atoms with Gasteiger partial charge >= 0.3 is 0 Å². The standard InChI is InChI=1S/C15H21Cl2N3O/c1-19-7-9-20(10-8-19)6-2-5-18-15(21)12-3-4-13(16)14(17)11-12/h3-4,11H,2,5-10H2,1H3,(H,18,21). The van der Waals surface area contributed by atoms with Crippen LogP contribution < -0.4 is 5.32 Å². The molecule has 4 nitrogen and oxygen atoms in total. The van der Waals surface area contributed by atoms with Gasteiger partial charge in [-0.25, -0.2) is 0 Å². The SMILES string of the molecule is CN1CCN(CCCNC(=O)c2ccc(Cl)c(Cl)c2)CC1. The first-order chi connectivity index (χ1) is 10.1. The number of carbonyl (C=O) groups excluding carboxylic acids is 1. The van der Waals surface area contributed by atoms with Crippen LogP contribution in [0.15, 0.2) is 18.2 Å². The Morgan fingerprint density at radius 3 is 2.57 bits per heavy atom. The van der Waals surface area contributed by atoms with E-state index in [1.807, 2.05) is 0 Å². The maximum absolute atomic E-state index is 12.0. The molecule has 0 spiro atoms. The summed E-state index contributed by atoms with van der Waals surface area (Å²) in [6.45, 7) is 6.15. The summed E-state index contributed by atoms with van der Waals surface area (Å²) >= 11 is 11.7. The quantitative estimate of drug-likeness (QED) is 0.842. The lowest BCUT2D eigenvalue weighted by molar-refractivity contribution is 0.0949. The third kappa shape index (κ3) is 5.15. The first-order valence-corrected chi connectivity index (χ1v) is 7.96. The van der Waals surface area contributed by atoms with Gasteiger partial charge in [-0.2, -0.15) is 0 Å². The van der Waals surface area contributed by atoms with E-state index in [0.29, 0.717) is 22.2 Å². The van der Waals surface area contributed by atoms with Gasteiger partial charge in [0.15, 0.2) is 0 Å². The Labute approximate surface area is 136 Å². The van der Waals surface area contributed by atoms with Crippen LogP contribution >= 0.6 is 23.2 Å². The molecule has 0 unspecified atom stereocenters. The molecule has 2 rings (SSSR count). The van der Waals surface area contributed by atoms with E-state index in [2.05, 4.69) is 22.2 Å².